The molecular weight excluding hydrogens is 372 g/mol. The van der Waals surface area contributed by atoms with Gasteiger partial charge in [-0.2, -0.15) is 0 Å². The Morgan fingerprint density at radius 3 is 2.59 bits per heavy atom. The Morgan fingerprint density at radius 1 is 1.19 bits per heavy atom. The number of hydrogen-bond donors (Lipinski definition) is 4. The van der Waals surface area contributed by atoms with Crippen molar-refractivity contribution >= 4 is 28.5 Å². The lowest BCUT2D eigenvalue weighted by atomic mass is 9.99. The number of rotatable bonds is 3. The second-order valence-corrected chi connectivity index (χ2v) is 7.08. The standard InChI is InChI=1S/C18H19ClN4O4/c1-8-6-23(17-11(8)16(20)21-7-22-17)18-14(26)13(25)15(27-18)12(24)9-2-4-10(19)5-3-9/h2-7,12-15,18,24-26H,1H3,(H2,20,21,22)/t12-,13+,14-,15-,18-/m1/s1. The maximum absolute atomic E-state index is 10.6. The number of hydrogen-bond acceptors (Lipinski definition) is 7. The molecular formula is C18H19ClN4O4. The number of aromatic nitrogens is 3. The molecule has 1 aromatic carbocycles. The predicted octanol–water partition coefficient (Wildman–Crippen LogP) is 1.33. The van der Waals surface area contributed by atoms with Crippen molar-refractivity contribution in [2.75, 3.05) is 5.73 Å². The summed E-state index contributed by atoms with van der Waals surface area (Å²) in [6, 6.07) is 6.56. The minimum Gasteiger partial charge on any atom is -0.387 e. The summed E-state index contributed by atoms with van der Waals surface area (Å²) in [6.07, 6.45) is -2.60. The van der Waals surface area contributed by atoms with E-state index in [1.54, 1.807) is 35.0 Å². The number of aliphatic hydroxyl groups excluding tert-OH is 3. The SMILES string of the molecule is Cc1cn([C@@H]2O[C@H]([C@H](O)c3ccc(Cl)cc3)[C@@H](O)[C@H]2O)c2ncnc(N)c12. The summed E-state index contributed by atoms with van der Waals surface area (Å²) in [5.74, 6) is 0.321. The van der Waals surface area contributed by atoms with Gasteiger partial charge in [0, 0.05) is 11.2 Å². The quantitative estimate of drug-likeness (QED) is 0.531. The molecule has 5 N–H and O–H groups in total. The van der Waals surface area contributed by atoms with Gasteiger partial charge in [0.05, 0.1) is 5.39 Å². The van der Waals surface area contributed by atoms with Crippen molar-refractivity contribution < 1.29 is 20.1 Å². The number of benzene rings is 1. The molecule has 1 aliphatic rings. The number of halogens is 1. The minimum atomic E-state index is -1.29. The summed E-state index contributed by atoms with van der Waals surface area (Å²) in [5.41, 5.74) is 7.75. The van der Waals surface area contributed by atoms with Gasteiger partial charge in [-0.05, 0) is 30.2 Å². The predicted molar refractivity (Wildman–Crippen MR) is 99.0 cm³/mol. The van der Waals surface area contributed by atoms with Crippen LogP contribution in [0, 0.1) is 6.92 Å². The van der Waals surface area contributed by atoms with Crippen LogP contribution in [0.4, 0.5) is 5.82 Å². The zero-order chi connectivity index (χ0) is 19.3. The molecule has 3 heterocycles. The van der Waals surface area contributed by atoms with Gasteiger partial charge in [-0.15, -0.1) is 0 Å². The van der Waals surface area contributed by atoms with E-state index in [4.69, 9.17) is 22.1 Å². The van der Waals surface area contributed by atoms with Gasteiger partial charge in [-0.3, -0.25) is 0 Å². The van der Waals surface area contributed by atoms with E-state index in [2.05, 4.69) is 9.97 Å². The second kappa shape index (κ2) is 6.74. The number of aryl methyl sites for hydroxylation is 1. The van der Waals surface area contributed by atoms with Crippen molar-refractivity contribution in [1.82, 2.24) is 14.5 Å². The van der Waals surface area contributed by atoms with Gasteiger partial charge in [0.1, 0.15) is 42.2 Å². The molecule has 0 bridgehead atoms. The summed E-state index contributed by atoms with van der Waals surface area (Å²) in [6.45, 7) is 1.84. The third kappa shape index (κ3) is 2.95. The van der Waals surface area contributed by atoms with Gasteiger partial charge >= 0.3 is 0 Å². The smallest absolute Gasteiger partial charge is 0.164 e. The second-order valence-electron chi connectivity index (χ2n) is 6.65. The molecule has 0 saturated carbocycles. The molecule has 0 spiro atoms. The van der Waals surface area contributed by atoms with Crippen LogP contribution in [0.1, 0.15) is 23.5 Å². The highest BCUT2D eigenvalue weighted by Crippen LogP contribution is 2.38. The molecule has 0 aliphatic carbocycles. The Bertz CT molecular complexity index is 977. The van der Waals surface area contributed by atoms with Gasteiger partial charge in [0.2, 0.25) is 0 Å². The molecule has 0 amide bonds. The number of nitrogens with two attached hydrogens (primary N) is 1. The zero-order valence-corrected chi connectivity index (χ0v) is 15.2. The van der Waals surface area contributed by atoms with E-state index in [1.165, 1.54) is 6.33 Å². The third-order valence-electron chi connectivity index (χ3n) is 4.90. The van der Waals surface area contributed by atoms with Crippen LogP contribution >= 0.6 is 11.6 Å². The van der Waals surface area contributed by atoms with E-state index >= 15 is 0 Å². The lowest BCUT2D eigenvalue weighted by Crippen LogP contribution is -2.34. The molecule has 1 saturated heterocycles. The first-order valence-corrected chi connectivity index (χ1v) is 8.79. The largest absolute Gasteiger partial charge is 0.387 e. The highest BCUT2D eigenvalue weighted by atomic mass is 35.5. The Morgan fingerprint density at radius 2 is 1.89 bits per heavy atom. The molecule has 0 radical (unpaired) electrons. The normalized spacial score (nSPS) is 26.6. The third-order valence-corrected chi connectivity index (χ3v) is 5.15. The van der Waals surface area contributed by atoms with Crippen LogP contribution in [0.3, 0.4) is 0 Å². The lowest BCUT2D eigenvalue weighted by molar-refractivity contribution is -0.0848. The molecule has 4 rings (SSSR count). The van der Waals surface area contributed by atoms with E-state index in [0.717, 1.165) is 5.56 Å². The molecule has 142 valence electrons. The first-order chi connectivity index (χ1) is 12.9. The van der Waals surface area contributed by atoms with Crippen molar-refractivity contribution in [1.29, 1.82) is 0 Å². The summed E-state index contributed by atoms with van der Waals surface area (Å²) in [4.78, 5) is 8.21. The number of ether oxygens (including phenoxy) is 1. The first kappa shape index (κ1) is 18.1. The lowest BCUT2D eigenvalue weighted by Gasteiger charge is -2.21. The molecule has 9 heteroatoms. The van der Waals surface area contributed by atoms with Crippen molar-refractivity contribution in [3.05, 3.63) is 52.9 Å². The zero-order valence-electron chi connectivity index (χ0n) is 14.4. The van der Waals surface area contributed by atoms with Crippen molar-refractivity contribution in [3.8, 4) is 0 Å². The van der Waals surface area contributed by atoms with Crippen LogP contribution in [0.15, 0.2) is 36.8 Å². The van der Waals surface area contributed by atoms with Crippen LogP contribution in [0.25, 0.3) is 11.0 Å². The average Bonchev–Trinajstić information content (AvgIpc) is 3.13. The molecule has 2 aromatic heterocycles. The van der Waals surface area contributed by atoms with Gasteiger partial charge in [0.15, 0.2) is 6.23 Å². The molecule has 3 aromatic rings. The molecule has 5 atom stereocenters. The van der Waals surface area contributed by atoms with E-state index in [9.17, 15) is 15.3 Å². The van der Waals surface area contributed by atoms with E-state index in [1.807, 2.05) is 6.92 Å². The maximum atomic E-state index is 10.6. The maximum Gasteiger partial charge on any atom is 0.164 e. The van der Waals surface area contributed by atoms with Crippen LogP contribution in [0.5, 0.6) is 0 Å². The fourth-order valence-corrected chi connectivity index (χ4v) is 3.64. The summed E-state index contributed by atoms with van der Waals surface area (Å²) >= 11 is 5.87. The topological polar surface area (TPSA) is 127 Å². The Hall–Kier alpha value is -2.23. The van der Waals surface area contributed by atoms with E-state index in [-0.39, 0.29) is 0 Å². The van der Waals surface area contributed by atoms with Crippen molar-refractivity contribution in [2.24, 2.45) is 0 Å². The van der Waals surface area contributed by atoms with Gasteiger partial charge < -0.3 is 30.4 Å². The van der Waals surface area contributed by atoms with Gasteiger partial charge in [-0.25, -0.2) is 9.97 Å². The number of aliphatic hydroxyl groups is 3. The van der Waals surface area contributed by atoms with E-state index < -0.39 is 30.6 Å². The molecule has 0 unspecified atom stereocenters. The molecule has 27 heavy (non-hydrogen) atoms. The summed E-state index contributed by atoms with van der Waals surface area (Å²) < 4.78 is 7.46. The van der Waals surface area contributed by atoms with Gasteiger partial charge in [0.25, 0.3) is 0 Å². The van der Waals surface area contributed by atoms with Crippen LogP contribution in [0.2, 0.25) is 5.02 Å². The summed E-state index contributed by atoms with van der Waals surface area (Å²) in [5, 5.41) is 32.9. The van der Waals surface area contributed by atoms with Crippen molar-refractivity contribution in [3.63, 3.8) is 0 Å². The number of nitrogens with zero attached hydrogens (tertiary/aromatic N) is 3. The fraction of sp³-hybridized carbons (Fsp3) is 0.333. The Kier molecular flexibility index (Phi) is 4.53. The molecule has 1 fully saturated rings. The first-order valence-electron chi connectivity index (χ1n) is 8.41. The number of anilines is 1. The van der Waals surface area contributed by atoms with Crippen LogP contribution in [-0.2, 0) is 4.74 Å². The van der Waals surface area contributed by atoms with Crippen LogP contribution < -0.4 is 5.73 Å². The molecule has 1 aliphatic heterocycles. The van der Waals surface area contributed by atoms with Gasteiger partial charge in [-0.1, -0.05) is 23.7 Å². The molecule has 8 nitrogen and oxygen atoms in total. The van der Waals surface area contributed by atoms with E-state index in [0.29, 0.717) is 27.4 Å². The van der Waals surface area contributed by atoms with Crippen LogP contribution in [-0.4, -0.2) is 48.2 Å². The fourth-order valence-electron chi connectivity index (χ4n) is 3.52. The number of nitrogen functional groups attached to an aromatic ring is 1. The average molecular weight is 391 g/mol. The highest BCUT2D eigenvalue weighted by molar-refractivity contribution is 6.30. The summed E-state index contributed by atoms with van der Waals surface area (Å²) in [7, 11) is 0. The number of fused-ring (bicyclic) bond motifs is 1. The highest BCUT2D eigenvalue weighted by Gasteiger charge is 2.47. The monoisotopic (exact) mass is 390 g/mol. The Balaban J connectivity index is 1.68. The minimum absolute atomic E-state index is 0.321. The Labute approximate surface area is 159 Å². The van der Waals surface area contributed by atoms with Crippen molar-refractivity contribution in [2.45, 2.75) is 37.6 Å².